The van der Waals surface area contributed by atoms with Crippen LogP contribution in [0.1, 0.15) is 144 Å². The van der Waals surface area contributed by atoms with E-state index in [1.807, 2.05) is 0 Å². The van der Waals surface area contributed by atoms with E-state index in [-0.39, 0.29) is 5.54 Å². The normalized spacial score (nSPS) is 22.7. The van der Waals surface area contributed by atoms with Gasteiger partial charge in [0, 0.05) is 18.2 Å². The lowest BCUT2D eigenvalue weighted by Gasteiger charge is -2.40. The third-order valence-electron chi connectivity index (χ3n) is 6.74. The Bertz CT molecular complexity index is 368. The lowest BCUT2D eigenvalue weighted by molar-refractivity contribution is -0.00441. The molecule has 0 amide bonds. The lowest BCUT2D eigenvalue weighted by atomic mass is 9.87. The van der Waals surface area contributed by atoms with Crippen molar-refractivity contribution in [3.8, 4) is 0 Å². The molecule has 2 nitrogen and oxygen atoms in total. The molecule has 174 valence electrons. The van der Waals surface area contributed by atoms with E-state index < -0.39 is 0 Å². The van der Waals surface area contributed by atoms with Crippen molar-refractivity contribution in [1.82, 2.24) is 5.32 Å². The standard InChI is InChI=1S/C27H55NO/c1-6-7-8-9-10-11-13-16-19-24(2)20-17-14-12-15-18-21-29-26-22-25(3)28-27(4,5)23-26/h24-26,28H,6-23H2,1-5H3. The molecule has 3 unspecified atom stereocenters. The lowest BCUT2D eigenvalue weighted by Crippen LogP contribution is -2.53. The molecule has 1 saturated heterocycles. The summed E-state index contributed by atoms with van der Waals surface area (Å²) in [6, 6.07) is 0.580. The van der Waals surface area contributed by atoms with Gasteiger partial charge < -0.3 is 10.1 Å². The Hall–Kier alpha value is -0.0800. The maximum Gasteiger partial charge on any atom is 0.0607 e. The molecule has 1 heterocycles. The molecule has 1 fully saturated rings. The minimum Gasteiger partial charge on any atom is -0.378 e. The summed E-state index contributed by atoms with van der Waals surface area (Å²) in [4.78, 5) is 0. The number of unbranched alkanes of at least 4 members (excludes halogenated alkanes) is 11. The first-order valence-corrected chi connectivity index (χ1v) is 13.3. The van der Waals surface area contributed by atoms with Gasteiger partial charge in [-0.1, -0.05) is 104 Å². The van der Waals surface area contributed by atoms with Gasteiger partial charge in [0.25, 0.3) is 0 Å². The zero-order chi connectivity index (χ0) is 21.4. The molecule has 0 saturated carbocycles. The number of hydrogen-bond donors (Lipinski definition) is 1. The van der Waals surface area contributed by atoms with Crippen molar-refractivity contribution < 1.29 is 4.74 Å². The van der Waals surface area contributed by atoms with Gasteiger partial charge in [-0.05, 0) is 46.0 Å². The van der Waals surface area contributed by atoms with Crippen LogP contribution in [0.2, 0.25) is 0 Å². The highest BCUT2D eigenvalue weighted by molar-refractivity contribution is 4.90. The van der Waals surface area contributed by atoms with Crippen LogP contribution in [0.3, 0.4) is 0 Å². The molecule has 0 aromatic carbocycles. The first-order chi connectivity index (χ1) is 13.9. The van der Waals surface area contributed by atoms with Crippen molar-refractivity contribution >= 4 is 0 Å². The fraction of sp³-hybridized carbons (Fsp3) is 1.00. The van der Waals surface area contributed by atoms with Crippen LogP contribution < -0.4 is 5.32 Å². The van der Waals surface area contributed by atoms with Crippen molar-refractivity contribution in [1.29, 1.82) is 0 Å². The molecule has 1 N–H and O–H groups in total. The largest absolute Gasteiger partial charge is 0.378 e. The summed E-state index contributed by atoms with van der Waals surface area (Å²) in [6.07, 6.45) is 24.0. The second kappa shape index (κ2) is 16.6. The van der Waals surface area contributed by atoms with Gasteiger partial charge in [-0.15, -0.1) is 0 Å². The summed E-state index contributed by atoms with van der Waals surface area (Å²) in [7, 11) is 0. The molecule has 0 aromatic rings. The van der Waals surface area contributed by atoms with Gasteiger partial charge in [0.05, 0.1) is 6.10 Å². The van der Waals surface area contributed by atoms with Gasteiger partial charge in [-0.2, -0.15) is 0 Å². The molecule has 0 aromatic heterocycles. The molecule has 0 aliphatic carbocycles. The highest BCUT2D eigenvalue weighted by Crippen LogP contribution is 2.24. The maximum atomic E-state index is 6.19. The van der Waals surface area contributed by atoms with Crippen molar-refractivity contribution in [2.24, 2.45) is 5.92 Å². The van der Waals surface area contributed by atoms with E-state index in [4.69, 9.17) is 4.74 Å². The van der Waals surface area contributed by atoms with Crippen LogP contribution >= 0.6 is 0 Å². The van der Waals surface area contributed by atoms with Gasteiger partial charge in [-0.25, -0.2) is 0 Å². The number of hydrogen-bond acceptors (Lipinski definition) is 2. The molecule has 1 aliphatic heterocycles. The summed E-state index contributed by atoms with van der Waals surface area (Å²) in [5.41, 5.74) is 0.230. The fourth-order valence-corrected chi connectivity index (χ4v) is 5.10. The third-order valence-corrected chi connectivity index (χ3v) is 6.74. The average molecular weight is 410 g/mol. The summed E-state index contributed by atoms with van der Waals surface area (Å²) < 4.78 is 6.19. The molecule has 29 heavy (non-hydrogen) atoms. The molecule has 2 heteroatoms. The first kappa shape index (κ1) is 27.0. The van der Waals surface area contributed by atoms with Gasteiger partial charge >= 0.3 is 0 Å². The second-order valence-corrected chi connectivity index (χ2v) is 10.8. The van der Waals surface area contributed by atoms with Crippen molar-refractivity contribution in [3.63, 3.8) is 0 Å². The smallest absolute Gasteiger partial charge is 0.0607 e. The Labute approximate surface area is 184 Å². The van der Waals surface area contributed by atoms with Gasteiger partial charge in [0.1, 0.15) is 0 Å². The molecular weight excluding hydrogens is 354 g/mol. The number of piperidine rings is 1. The quantitative estimate of drug-likeness (QED) is 0.229. The van der Waals surface area contributed by atoms with Gasteiger partial charge in [-0.3, -0.25) is 0 Å². The molecule has 0 radical (unpaired) electrons. The van der Waals surface area contributed by atoms with Crippen molar-refractivity contribution in [3.05, 3.63) is 0 Å². The van der Waals surface area contributed by atoms with Gasteiger partial charge in [0.15, 0.2) is 0 Å². The molecule has 1 rings (SSSR count). The van der Waals surface area contributed by atoms with Crippen LogP contribution in [0.25, 0.3) is 0 Å². The Morgan fingerprint density at radius 1 is 0.828 bits per heavy atom. The fourth-order valence-electron chi connectivity index (χ4n) is 5.10. The second-order valence-electron chi connectivity index (χ2n) is 10.8. The highest BCUT2D eigenvalue weighted by atomic mass is 16.5. The molecule has 3 atom stereocenters. The topological polar surface area (TPSA) is 21.3 Å². The van der Waals surface area contributed by atoms with E-state index in [9.17, 15) is 0 Å². The van der Waals surface area contributed by atoms with Crippen molar-refractivity contribution in [2.75, 3.05) is 6.61 Å². The summed E-state index contributed by atoms with van der Waals surface area (Å²) in [6.45, 7) is 12.6. The Balaban J connectivity index is 1.84. The molecule has 0 bridgehead atoms. The molecule has 1 aliphatic rings. The maximum absolute atomic E-state index is 6.19. The number of nitrogens with one attached hydrogen (secondary N) is 1. The minimum atomic E-state index is 0.230. The van der Waals surface area contributed by atoms with E-state index >= 15 is 0 Å². The zero-order valence-electron chi connectivity index (χ0n) is 20.9. The summed E-state index contributed by atoms with van der Waals surface area (Å²) in [5, 5.41) is 3.67. The number of rotatable bonds is 18. The Morgan fingerprint density at radius 3 is 1.90 bits per heavy atom. The minimum absolute atomic E-state index is 0.230. The summed E-state index contributed by atoms with van der Waals surface area (Å²) >= 11 is 0. The predicted molar refractivity (Wildman–Crippen MR) is 130 cm³/mol. The average Bonchev–Trinajstić information content (AvgIpc) is 2.64. The van der Waals surface area contributed by atoms with E-state index in [0.717, 1.165) is 18.9 Å². The van der Waals surface area contributed by atoms with Crippen LogP contribution in [0.5, 0.6) is 0 Å². The monoisotopic (exact) mass is 409 g/mol. The van der Waals surface area contributed by atoms with Crippen LogP contribution in [0.4, 0.5) is 0 Å². The first-order valence-electron chi connectivity index (χ1n) is 13.3. The van der Waals surface area contributed by atoms with E-state index in [1.54, 1.807) is 0 Å². The van der Waals surface area contributed by atoms with E-state index in [0.29, 0.717) is 12.1 Å². The number of ether oxygens (including phenoxy) is 1. The summed E-state index contributed by atoms with van der Waals surface area (Å²) in [5.74, 6) is 0.934. The van der Waals surface area contributed by atoms with Crippen LogP contribution in [0.15, 0.2) is 0 Å². The zero-order valence-corrected chi connectivity index (χ0v) is 20.9. The van der Waals surface area contributed by atoms with Crippen LogP contribution in [0, 0.1) is 5.92 Å². The van der Waals surface area contributed by atoms with Crippen LogP contribution in [-0.2, 0) is 4.74 Å². The third kappa shape index (κ3) is 15.4. The van der Waals surface area contributed by atoms with Crippen molar-refractivity contribution in [2.45, 2.75) is 161 Å². The molecule has 0 spiro atoms. The van der Waals surface area contributed by atoms with E-state index in [2.05, 4.69) is 39.9 Å². The Kier molecular flexibility index (Phi) is 15.4. The SMILES string of the molecule is CCCCCCCCCCC(C)CCCCCCCOC1CC(C)NC(C)(C)C1. The van der Waals surface area contributed by atoms with Crippen LogP contribution in [-0.4, -0.2) is 24.3 Å². The highest BCUT2D eigenvalue weighted by Gasteiger charge is 2.31. The van der Waals surface area contributed by atoms with E-state index in [1.165, 1.54) is 103 Å². The predicted octanol–water partition coefficient (Wildman–Crippen LogP) is 8.43. The molecular formula is C27H55NO. The Morgan fingerprint density at radius 2 is 1.34 bits per heavy atom. The van der Waals surface area contributed by atoms with Gasteiger partial charge in [0.2, 0.25) is 0 Å².